The molecule has 168 valence electrons. The Kier molecular flexibility index (Phi) is 6.44. The van der Waals surface area contributed by atoms with Gasteiger partial charge >= 0.3 is 6.01 Å². The lowest BCUT2D eigenvalue weighted by Gasteiger charge is -2.09. The number of nitrogens with zero attached hydrogens (tertiary/aromatic N) is 3. The molecule has 8 heteroatoms. The van der Waals surface area contributed by atoms with Crippen molar-refractivity contribution in [2.75, 3.05) is 11.9 Å². The lowest BCUT2D eigenvalue weighted by Crippen LogP contribution is -2.12. The van der Waals surface area contributed by atoms with Crippen LogP contribution in [0.1, 0.15) is 24.2 Å². The van der Waals surface area contributed by atoms with Crippen LogP contribution in [0.2, 0.25) is 0 Å². The van der Waals surface area contributed by atoms with Crippen LogP contribution in [0.4, 0.5) is 14.5 Å². The first-order chi connectivity index (χ1) is 15.9. The van der Waals surface area contributed by atoms with E-state index < -0.39 is 5.82 Å². The average Bonchev–Trinajstić information content (AvgIpc) is 3.23. The number of ether oxygens (including phenoxy) is 1. The van der Waals surface area contributed by atoms with Crippen LogP contribution in [0.3, 0.4) is 0 Å². The lowest BCUT2D eigenvalue weighted by molar-refractivity contribution is 0.102. The second kappa shape index (κ2) is 9.60. The topological polar surface area (TPSA) is 69.0 Å². The average molecular weight is 448 g/mol. The summed E-state index contributed by atoms with van der Waals surface area (Å²) in [6.45, 7) is 4.51. The minimum Gasteiger partial charge on any atom is -0.462 e. The minimum atomic E-state index is -0.405. The number of anilines is 1. The zero-order chi connectivity index (χ0) is 23.4. The quantitative estimate of drug-likeness (QED) is 0.405. The Balaban J connectivity index is 1.60. The van der Waals surface area contributed by atoms with Gasteiger partial charge in [-0.25, -0.2) is 13.5 Å². The third kappa shape index (κ3) is 5.41. The van der Waals surface area contributed by atoms with Gasteiger partial charge in [0.1, 0.15) is 11.6 Å². The summed E-state index contributed by atoms with van der Waals surface area (Å²) in [5.74, 6) is -0.299. The van der Waals surface area contributed by atoms with Crippen LogP contribution in [0.5, 0.6) is 6.01 Å². The molecule has 1 N–H and O–H groups in total. The number of hydrogen-bond donors (Lipinski definition) is 1. The number of halogens is 2. The molecule has 6 nitrogen and oxygen atoms in total. The van der Waals surface area contributed by atoms with Crippen molar-refractivity contribution in [3.05, 3.63) is 90.0 Å². The van der Waals surface area contributed by atoms with Gasteiger partial charge in [-0.3, -0.25) is 4.79 Å². The molecule has 0 atom stereocenters. The van der Waals surface area contributed by atoms with Crippen molar-refractivity contribution < 1.29 is 18.3 Å². The monoisotopic (exact) mass is 448 g/mol. The van der Waals surface area contributed by atoms with E-state index in [1.54, 1.807) is 41.1 Å². The third-order valence-corrected chi connectivity index (χ3v) is 4.71. The van der Waals surface area contributed by atoms with Crippen LogP contribution in [-0.2, 0) is 0 Å². The summed E-state index contributed by atoms with van der Waals surface area (Å²) in [6, 6.07) is 18.5. The molecule has 0 fully saturated rings. The van der Waals surface area contributed by atoms with E-state index in [0.29, 0.717) is 40.9 Å². The SMILES string of the molecule is CC(C)COc1nc(-c2ccc(F)cc2)n(-c2ccc(NC(=O)c3ccc(F)cc3)cc2)n1. The predicted molar refractivity (Wildman–Crippen MR) is 121 cm³/mol. The first-order valence-electron chi connectivity index (χ1n) is 10.4. The molecule has 0 aliphatic carbocycles. The van der Waals surface area contributed by atoms with Crippen LogP contribution in [-0.4, -0.2) is 27.3 Å². The molecule has 0 unspecified atom stereocenters. The molecule has 1 aromatic heterocycles. The van der Waals surface area contributed by atoms with E-state index in [-0.39, 0.29) is 17.7 Å². The highest BCUT2D eigenvalue weighted by Crippen LogP contribution is 2.25. The van der Waals surface area contributed by atoms with Crippen molar-refractivity contribution in [1.29, 1.82) is 0 Å². The summed E-state index contributed by atoms with van der Waals surface area (Å²) < 4.78 is 33.8. The summed E-state index contributed by atoms with van der Waals surface area (Å²) in [4.78, 5) is 16.9. The number of aromatic nitrogens is 3. The molecule has 0 aliphatic heterocycles. The van der Waals surface area contributed by atoms with Crippen molar-refractivity contribution in [2.45, 2.75) is 13.8 Å². The zero-order valence-electron chi connectivity index (χ0n) is 18.1. The van der Waals surface area contributed by atoms with Crippen LogP contribution in [0.25, 0.3) is 17.1 Å². The van der Waals surface area contributed by atoms with Gasteiger partial charge < -0.3 is 10.1 Å². The minimum absolute atomic E-state index is 0.219. The summed E-state index contributed by atoms with van der Waals surface area (Å²) in [6.07, 6.45) is 0. The van der Waals surface area contributed by atoms with Gasteiger partial charge in [0.05, 0.1) is 12.3 Å². The van der Waals surface area contributed by atoms with Crippen LogP contribution < -0.4 is 10.1 Å². The Hall–Kier alpha value is -4.07. The Labute approximate surface area is 189 Å². The van der Waals surface area contributed by atoms with Crippen molar-refractivity contribution in [1.82, 2.24) is 14.8 Å². The maximum Gasteiger partial charge on any atom is 0.336 e. The second-order valence-electron chi connectivity index (χ2n) is 7.85. The van der Waals surface area contributed by atoms with Crippen LogP contribution >= 0.6 is 0 Å². The maximum absolute atomic E-state index is 13.4. The number of hydrogen-bond acceptors (Lipinski definition) is 4. The van der Waals surface area contributed by atoms with Gasteiger partial charge in [0.15, 0.2) is 5.82 Å². The zero-order valence-corrected chi connectivity index (χ0v) is 18.1. The summed E-state index contributed by atoms with van der Waals surface area (Å²) in [5.41, 5.74) is 2.27. The number of carbonyl (C=O) groups is 1. The fraction of sp³-hybridized carbons (Fsp3) is 0.160. The van der Waals surface area contributed by atoms with Crippen molar-refractivity contribution >= 4 is 11.6 Å². The normalized spacial score (nSPS) is 10.9. The fourth-order valence-electron chi connectivity index (χ4n) is 3.05. The van der Waals surface area contributed by atoms with Crippen molar-refractivity contribution in [3.63, 3.8) is 0 Å². The molecule has 0 aliphatic rings. The summed E-state index contributed by atoms with van der Waals surface area (Å²) in [7, 11) is 0. The van der Waals surface area contributed by atoms with E-state index in [1.807, 2.05) is 13.8 Å². The molecule has 1 heterocycles. The molecule has 4 aromatic rings. The standard InChI is InChI=1S/C25H22F2N4O2/c1-16(2)15-33-25-29-23(17-3-7-19(26)8-4-17)31(30-25)22-13-11-21(12-14-22)28-24(32)18-5-9-20(27)10-6-18/h3-14,16H,15H2,1-2H3,(H,28,32). The van der Waals surface area contributed by atoms with Gasteiger partial charge in [-0.05, 0) is 78.7 Å². The Morgan fingerprint density at radius 3 is 2.15 bits per heavy atom. The highest BCUT2D eigenvalue weighted by atomic mass is 19.1. The smallest absolute Gasteiger partial charge is 0.336 e. The molecule has 4 rings (SSSR count). The van der Waals surface area contributed by atoms with Gasteiger partial charge in [-0.2, -0.15) is 4.98 Å². The van der Waals surface area contributed by atoms with E-state index in [0.717, 1.165) is 0 Å². The molecule has 1 amide bonds. The van der Waals surface area contributed by atoms with Gasteiger partial charge in [0.2, 0.25) is 0 Å². The van der Waals surface area contributed by atoms with Gasteiger partial charge in [0, 0.05) is 16.8 Å². The molecule has 33 heavy (non-hydrogen) atoms. The molecule has 0 saturated carbocycles. The Morgan fingerprint density at radius 2 is 1.55 bits per heavy atom. The van der Waals surface area contributed by atoms with E-state index in [9.17, 15) is 13.6 Å². The van der Waals surface area contributed by atoms with Crippen molar-refractivity contribution in [3.8, 4) is 23.1 Å². The maximum atomic E-state index is 13.4. The Morgan fingerprint density at radius 1 is 0.939 bits per heavy atom. The number of carbonyl (C=O) groups excluding carboxylic acids is 1. The van der Waals surface area contributed by atoms with Gasteiger partial charge in [-0.1, -0.05) is 13.8 Å². The van der Waals surface area contributed by atoms with Crippen molar-refractivity contribution in [2.24, 2.45) is 5.92 Å². The molecule has 0 saturated heterocycles. The fourth-order valence-corrected chi connectivity index (χ4v) is 3.05. The molecule has 3 aromatic carbocycles. The first-order valence-corrected chi connectivity index (χ1v) is 10.4. The van der Waals surface area contributed by atoms with Crippen LogP contribution in [0.15, 0.2) is 72.8 Å². The van der Waals surface area contributed by atoms with E-state index in [2.05, 4.69) is 15.4 Å². The summed E-state index contributed by atoms with van der Waals surface area (Å²) in [5, 5.41) is 7.24. The number of nitrogens with one attached hydrogen (secondary N) is 1. The lowest BCUT2D eigenvalue weighted by atomic mass is 10.2. The van der Waals surface area contributed by atoms with Crippen LogP contribution in [0, 0.1) is 17.6 Å². The predicted octanol–water partition coefficient (Wildman–Crippen LogP) is 5.50. The van der Waals surface area contributed by atoms with E-state index in [1.165, 1.54) is 36.4 Å². The summed E-state index contributed by atoms with van der Waals surface area (Å²) >= 11 is 0. The first kappa shape index (κ1) is 22.1. The number of amides is 1. The Bertz CT molecular complexity index is 1240. The number of rotatable bonds is 7. The number of benzene rings is 3. The molecule has 0 bridgehead atoms. The second-order valence-corrected chi connectivity index (χ2v) is 7.85. The molecule has 0 spiro atoms. The van der Waals surface area contributed by atoms with E-state index >= 15 is 0 Å². The van der Waals surface area contributed by atoms with Gasteiger partial charge in [-0.15, -0.1) is 5.10 Å². The molecular weight excluding hydrogens is 426 g/mol. The molecule has 0 radical (unpaired) electrons. The largest absolute Gasteiger partial charge is 0.462 e. The molecular formula is C25H22F2N4O2. The highest BCUT2D eigenvalue weighted by molar-refractivity contribution is 6.04. The van der Waals surface area contributed by atoms with E-state index in [4.69, 9.17) is 4.74 Å². The third-order valence-electron chi connectivity index (χ3n) is 4.71. The highest BCUT2D eigenvalue weighted by Gasteiger charge is 2.16. The van der Waals surface area contributed by atoms with Gasteiger partial charge in [0.25, 0.3) is 5.91 Å².